The summed E-state index contributed by atoms with van der Waals surface area (Å²) in [5.41, 5.74) is 6.98. The average molecular weight is 465 g/mol. The molecule has 0 saturated heterocycles. The summed E-state index contributed by atoms with van der Waals surface area (Å²) in [7, 11) is 0. The zero-order valence-electron chi connectivity index (χ0n) is 19.5. The Morgan fingerprint density at radius 3 is 2.57 bits per heavy atom. The largest absolute Gasteiger partial charge is 0.481 e. The van der Waals surface area contributed by atoms with Gasteiger partial charge in [0.15, 0.2) is 0 Å². The minimum atomic E-state index is -0.773. The highest BCUT2D eigenvalue weighted by molar-refractivity contribution is 5.98. The molecule has 2 N–H and O–H groups in total. The van der Waals surface area contributed by atoms with Gasteiger partial charge in [0.1, 0.15) is 0 Å². The van der Waals surface area contributed by atoms with Crippen LogP contribution in [0.5, 0.6) is 0 Å². The fraction of sp³-hybridized carbons (Fsp3) is 0.233. The fourth-order valence-corrected chi connectivity index (χ4v) is 4.94. The first-order valence-electron chi connectivity index (χ1n) is 12.2. The molecule has 1 heterocycles. The summed E-state index contributed by atoms with van der Waals surface area (Å²) in [4.78, 5) is 29.0. The van der Waals surface area contributed by atoms with E-state index in [1.54, 1.807) is 0 Å². The number of rotatable bonds is 8. The van der Waals surface area contributed by atoms with Gasteiger partial charge in [0.2, 0.25) is 0 Å². The molecule has 4 aromatic rings. The third kappa shape index (κ3) is 5.09. The molecule has 1 amide bonds. The van der Waals surface area contributed by atoms with Crippen molar-refractivity contribution in [2.75, 3.05) is 0 Å². The Hall–Kier alpha value is -3.99. The van der Waals surface area contributed by atoms with E-state index in [1.807, 2.05) is 60.7 Å². The highest BCUT2D eigenvalue weighted by Gasteiger charge is 2.24. The van der Waals surface area contributed by atoms with E-state index in [2.05, 4.69) is 23.5 Å². The van der Waals surface area contributed by atoms with E-state index in [0.29, 0.717) is 12.0 Å². The fourth-order valence-electron chi connectivity index (χ4n) is 4.94. The van der Waals surface area contributed by atoms with Crippen LogP contribution in [0.1, 0.15) is 58.8 Å². The molecular weight excluding hydrogens is 436 g/mol. The molecule has 0 spiro atoms. The second-order valence-corrected chi connectivity index (χ2v) is 9.13. The average Bonchev–Trinajstić information content (AvgIpc) is 3.29. The summed E-state index contributed by atoms with van der Waals surface area (Å²) >= 11 is 0. The topological polar surface area (TPSA) is 79.3 Å². The van der Waals surface area contributed by atoms with E-state index < -0.39 is 5.97 Å². The van der Waals surface area contributed by atoms with Crippen LogP contribution < -0.4 is 5.32 Å². The van der Waals surface area contributed by atoms with Crippen molar-refractivity contribution >= 4 is 22.8 Å². The van der Waals surface area contributed by atoms with E-state index in [9.17, 15) is 9.59 Å². The van der Waals surface area contributed by atoms with Crippen LogP contribution in [0, 0.1) is 0 Å². The molecule has 0 aliphatic heterocycles. The van der Waals surface area contributed by atoms with Crippen LogP contribution in [0.15, 0.2) is 78.9 Å². The lowest BCUT2D eigenvalue weighted by atomic mass is 9.98. The Labute approximate surface area is 204 Å². The van der Waals surface area contributed by atoms with Crippen molar-refractivity contribution < 1.29 is 14.7 Å². The molecule has 1 aliphatic rings. The molecule has 0 radical (unpaired) electrons. The Morgan fingerprint density at radius 1 is 0.943 bits per heavy atom. The summed E-state index contributed by atoms with van der Waals surface area (Å²) in [5.74, 6) is -0.853. The number of nitrogens with one attached hydrogen (secondary N) is 1. The molecule has 176 valence electrons. The van der Waals surface area contributed by atoms with Gasteiger partial charge in [-0.25, -0.2) is 4.98 Å². The maximum atomic E-state index is 13.1. The second kappa shape index (κ2) is 10.1. The smallest absolute Gasteiger partial charge is 0.303 e. The zero-order chi connectivity index (χ0) is 24.2. The number of aryl methyl sites for hydroxylation is 2. The number of carbonyl (C=O) groups is 2. The highest BCUT2D eigenvalue weighted by atomic mass is 16.4. The number of fused-ring (bicyclic) bond motifs is 2. The standard InChI is InChI=1S/C30H28N2O3/c33-28(34)13-7-5-11-22-18-24-19-23(15-16-26(24)31-29(22)21-9-2-1-3-10-21)30(35)32-27-17-14-20-8-4-6-12-25(20)27/h1-4,6,8-10,12,15-16,18-19,27H,5,7,11,13-14,17H2,(H,32,35)(H,33,34)/t27-/m1/s1. The molecule has 3 aromatic carbocycles. The number of carbonyl (C=O) groups excluding carboxylic acids is 1. The molecule has 0 bridgehead atoms. The lowest BCUT2D eigenvalue weighted by Crippen LogP contribution is -2.27. The molecule has 0 unspecified atom stereocenters. The number of aliphatic carboxylic acids is 1. The van der Waals surface area contributed by atoms with E-state index in [0.717, 1.165) is 53.4 Å². The predicted molar refractivity (Wildman–Crippen MR) is 137 cm³/mol. The molecule has 0 saturated carbocycles. The zero-order valence-corrected chi connectivity index (χ0v) is 19.5. The van der Waals surface area contributed by atoms with Crippen molar-refractivity contribution in [2.24, 2.45) is 0 Å². The molecule has 5 heteroatoms. The number of amides is 1. The number of carboxylic acids is 1. The summed E-state index contributed by atoms with van der Waals surface area (Å²) in [6, 6.07) is 26.1. The van der Waals surface area contributed by atoms with Crippen molar-refractivity contribution in [1.29, 1.82) is 0 Å². The van der Waals surface area contributed by atoms with Crippen LogP contribution >= 0.6 is 0 Å². The summed E-state index contributed by atoms with van der Waals surface area (Å²) in [6.07, 6.45) is 4.18. The molecule has 1 atom stereocenters. The third-order valence-corrected chi connectivity index (χ3v) is 6.73. The van der Waals surface area contributed by atoms with Crippen molar-refractivity contribution in [2.45, 2.75) is 44.6 Å². The van der Waals surface area contributed by atoms with Crippen LogP contribution in [-0.4, -0.2) is 22.0 Å². The van der Waals surface area contributed by atoms with Gasteiger partial charge in [-0.15, -0.1) is 0 Å². The maximum Gasteiger partial charge on any atom is 0.303 e. The Kier molecular flexibility index (Phi) is 6.57. The van der Waals surface area contributed by atoms with E-state index in [1.165, 1.54) is 11.1 Å². The summed E-state index contributed by atoms with van der Waals surface area (Å²) in [5, 5.41) is 13.1. The van der Waals surface area contributed by atoms with Crippen LogP contribution in [0.2, 0.25) is 0 Å². The molecule has 1 aliphatic carbocycles. The van der Waals surface area contributed by atoms with Crippen LogP contribution in [0.25, 0.3) is 22.2 Å². The first kappa shape index (κ1) is 22.8. The Bertz CT molecular complexity index is 1380. The lowest BCUT2D eigenvalue weighted by molar-refractivity contribution is -0.137. The van der Waals surface area contributed by atoms with Gasteiger partial charge in [0.05, 0.1) is 17.3 Å². The number of carboxylic acid groups (broad SMARTS) is 1. The number of pyridine rings is 1. The van der Waals surface area contributed by atoms with Gasteiger partial charge < -0.3 is 10.4 Å². The van der Waals surface area contributed by atoms with Gasteiger partial charge in [-0.05, 0) is 73.1 Å². The van der Waals surface area contributed by atoms with E-state index >= 15 is 0 Å². The van der Waals surface area contributed by atoms with Crippen LogP contribution in [0.3, 0.4) is 0 Å². The highest BCUT2D eigenvalue weighted by Crippen LogP contribution is 2.31. The monoisotopic (exact) mass is 464 g/mol. The molecule has 5 nitrogen and oxygen atoms in total. The Balaban J connectivity index is 1.42. The van der Waals surface area contributed by atoms with Gasteiger partial charge in [0, 0.05) is 22.9 Å². The normalized spacial score (nSPS) is 14.6. The number of hydrogen-bond donors (Lipinski definition) is 2. The number of benzene rings is 3. The van der Waals surface area contributed by atoms with Gasteiger partial charge >= 0.3 is 5.97 Å². The third-order valence-electron chi connectivity index (χ3n) is 6.73. The van der Waals surface area contributed by atoms with E-state index in [4.69, 9.17) is 10.1 Å². The van der Waals surface area contributed by atoms with Crippen molar-refractivity contribution in [3.63, 3.8) is 0 Å². The van der Waals surface area contributed by atoms with Gasteiger partial charge in [0.25, 0.3) is 5.91 Å². The predicted octanol–water partition coefficient (Wildman–Crippen LogP) is 6.12. The summed E-state index contributed by atoms with van der Waals surface area (Å²) in [6.45, 7) is 0. The Morgan fingerprint density at radius 2 is 1.74 bits per heavy atom. The molecule has 35 heavy (non-hydrogen) atoms. The quantitative estimate of drug-likeness (QED) is 0.308. The lowest BCUT2D eigenvalue weighted by Gasteiger charge is -2.15. The van der Waals surface area contributed by atoms with Crippen molar-refractivity contribution in [1.82, 2.24) is 10.3 Å². The molecule has 1 aromatic heterocycles. The van der Waals surface area contributed by atoms with Crippen LogP contribution in [-0.2, 0) is 17.6 Å². The van der Waals surface area contributed by atoms with Crippen molar-refractivity contribution in [3.8, 4) is 11.3 Å². The maximum absolute atomic E-state index is 13.1. The van der Waals surface area contributed by atoms with Gasteiger partial charge in [-0.1, -0.05) is 54.6 Å². The SMILES string of the molecule is O=C(O)CCCCc1cc2cc(C(=O)N[C@@H]3CCc4ccccc43)ccc2nc1-c1ccccc1. The second-order valence-electron chi connectivity index (χ2n) is 9.13. The molecule has 0 fully saturated rings. The van der Waals surface area contributed by atoms with E-state index in [-0.39, 0.29) is 18.4 Å². The van der Waals surface area contributed by atoms with Crippen LogP contribution in [0.4, 0.5) is 0 Å². The number of hydrogen-bond acceptors (Lipinski definition) is 3. The number of aromatic nitrogens is 1. The first-order valence-corrected chi connectivity index (χ1v) is 12.2. The molecule has 5 rings (SSSR count). The van der Waals surface area contributed by atoms with Crippen molar-refractivity contribution in [3.05, 3.63) is 101 Å². The van der Waals surface area contributed by atoms with Gasteiger partial charge in [-0.2, -0.15) is 0 Å². The van der Waals surface area contributed by atoms with Gasteiger partial charge in [-0.3, -0.25) is 9.59 Å². The minimum absolute atomic E-state index is 0.0396. The molecular formula is C30H28N2O3. The first-order chi connectivity index (χ1) is 17.1. The minimum Gasteiger partial charge on any atom is -0.481 e. The number of nitrogens with zero attached hydrogens (tertiary/aromatic N) is 1. The summed E-state index contributed by atoms with van der Waals surface area (Å²) < 4.78 is 0. The number of unbranched alkanes of at least 4 members (excludes halogenated alkanes) is 1.